The molecule has 106 valence electrons. The molecular weight excluding hydrogens is 285 g/mol. The van der Waals surface area contributed by atoms with Crippen molar-refractivity contribution in [2.75, 3.05) is 6.67 Å². The first-order chi connectivity index (χ1) is 8.81. The number of alkyl halides is 3. The average molecular weight is 297 g/mol. The highest BCUT2D eigenvalue weighted by atomic mass is 35.5. The minimum absolute atomic E-state index is 0.0580. The SMILES string of the molecule is CCC(F)(F)c1cc(Cl)ccc1OC(CF)C(=O)O. The Kier molecular flexibility index (Phi) is 5.05. The van der Waals surface area contributed by atoms with Crippen LogP contribution in [0, 0.1) is 0 Å². The average Bonchev–Trinajstić information content (AvgIpc) is 2.36. The van der Waals surface area contributed by atoms with Crippen molar-refractivity contribution in [3.8, 4) is 5.75 Å². The van der Waals surface area contributed by atoms with E-state index in [0.29, 0.717) is 0 Å². The van der Waals surface area contributed by atoms with E-state index in [4.69, 9.17) is 21.4 Å². The van der Waals surface area contributed by atoms with Gasteiger partial charge in [-0.05, 0) is 18.2 Å². The van der Waals surface area contributed by atoms with Gasteiger partial charge in [-0.25, -0.2) is 18.0 Å². The maximum absolute atomic E-state index is 13.7. The lowest BCUT2D eigenvalue weighted by atomic mass is 10.1. The molecule has 0 saturated carbocycles. The Balaban J connectivity index is 3.17. The molecule has 0 aliphatic carbocycles. The zero-order valence-electron chi connectivity index (χ0n) is 10.00. The summed E-state index contributed by atoms with van der Waals surface area (Å²) in [7, 11) is 0. The molecule has 0 heterocycles. The Labute approximate surface area is 112 Å². The highest BCUT2D eigenvalue weighted by Crippen LogP contribution is 2.39. The van der Waals surface area contributed by atoms with Gasteiger partial charge in [-0.3, -0.25) is 0 Å². The third kappa shape index (κ3) is 3.76. The normalized spacial score (nSPS) is 13.1. The molecule has 0 aromatic heterocycles. The third-order valence-electron chi connectivity index (χ3n) is 2.46. The molecule has 1 unspecified atom stereocenters. The molecule has 0 aliphatic rings. The fraction of sp³-hybridized carbons (Fsp3) is 0.417. The zero-order chi connectivity index (χ0) is 14.6. The number of carboxylic acids is 1. The summed E-state index contributed by atoms with van der Waals surface area (Å²) in [5.74, 6) is -5.19. The summed E-state index contributed by atoms with van der Waals surface area (Å²) in [4.78, 5) is 10.7. The predicted octanol–water partition coefficient (Wildman–Crippen LogP) is 3.64. The summed E-state index contributed by atoms with van der Waals surface area (Å²) in [6, 6.07) is 3.35. The predicted molar refractivity (Wildman–Crippen MR) is 63.7 cm³/mol. The zero-order valence-corrected chi connectivity index (χ0v) is 10.8. The van der Waals surface area contributed by atoms with Crippen LogP contribution >= 0.6 is 11.6 Å². The summed E-state index contributed by atoms with van der Waals surface area (Å²) in [5, 5.41) is 8.72. The van der Waals surface area contributed by atoms with Gasteiger partial charge in [0.25, 0.3) is 5.92 Å². The maximum atomic E-state index is 13.7. The van der Waals surface area contributed by atoms with E-state index in [2.05, 4.69) is 0 Å². The first-order valence-electron chi connectivity index (χ1n) is 5.45. The Hall–Kier alpha value is -1.43. The van der Waals surface area contributed by atoms with E-state index in [9.17, 15) is 18.0 Å². The highest BCUT2D eigenvalue weighted by Gasteiger charge is 2.34. The van der Waals surface area contributed by atoms with E-state index in [1.807, 2.05) is 0 Å². The second-order valence-corrected chi connectivity index (χ2v) is 4.23. The van der Waals surface area contributed by atoms with Crippen molar-refractivity contribution in [1.82, 2.24) is 0 Å². The fourth-order valence-corrected chi connectivity index (χ4v) is 1.55. The smallest absolute Gasteiger partial charge is 0.347 e. The van der Waals surface area contributed by atoms with Gasteiger partial charge in [0.2, 0.25) is 6.10 Å². The quantitative estimate of drug-likeness (QED) is 0.871. The summed E-state index contributed by atoms with van der Waals surface area (Å²) in [6.07, 6.45) is -2.34. The second kappa shape index (κ2) is 6.14. The molecule has 1 aromatic carbocycles. The van der Waals surface area contributed by atoms with Crippen molar-refractivity contribution >= 4 is 17.6 Å². The molecule has 0 saturated heterocycles. The van der Waals surface area contributed by atoms with Crippen LogP contribution < -0.4 is 4.74 Å². The number of benzene rings is 1. The van der Waals surface area contributed by atoms with Gasteiger partial charge < -0.3 is 9.84 Å². The Morgan fingerprint density at radius 3 is 2.63 bits per heavy atom. The first kappa shape index (κ1) is 15.6. The van der Waals surface area contributed by atoms with Gasteiger partial charge in [0.15, 0.2) is 0 Å². The van der Waals surface area contributed by atoms with Gasteiger partial charge in [0.1, 0.15) is 12.4 Å². The monoisotopic (exact) mass is 296 g/mol. The van der Waals surface area contributed by atoms with Gasteiger partial charge in [0.05, 0.1) is 5.56 Å². The van der Waals surface area contributed by atoms with E-state index in [1.54, 1.807) is 0 Å². The van der Waals surface area contributed by atoms with Gasteiger partial charge in [-0.1, -0.05) is 18.5 Å². The molecule has 0 amide bonds. The van der Waals surface area contributed by atoms with E-state index in [0.717, 1.165) is 12.1 Å². The molecule has 1 atom stereocenters. The molecule has 0 radical (unpaired) electrons. The van der Waals surface area contributed by atoms with Crippen molar-refractivity contribution in [2.24, 2.45) is 0 Å². The molecule has 19 heavy (non-hydrogen) atoms. The summed E-state index contributed by atoms with van der Waals surface area (Å²) in [5.41, 5.74) is -0.554. The maximum Gasteiger partial charge on any atom is 0.347 e. The molecule has 3 nitrogen and oxygen atoms in total. The Morgan fingerprint density at radius 2 is 2.16 bits per heavy atom. The van der Waals surface area contributed by atoms with E-state index >= 15 is 0 Å². The van der Waals surface area contributed by atoms with Gasteiger partial charge in [-0.2, -0.15) is 0 Å². The molecule has 0 spiro atoms. The molecule has 1 N–H and O–H groups in total. The van der Waals surface area contributed by atoms with Crippen LogP contribution in [0.5, 0.6) is 5.75 Å². The van der Waals surface area contributed by atoms with Crippen LogP contribution in [-0.2, 0) is 10.7 Å². The largest absolute Gasteiger partial charge is 0.478 e. The number of hydrogen-bond acceptors (Lipinski definition) is 2. The topological polar surface area (TPSA) is 46.5 Å². The summed E-state index contributed by atoms with van der Waals surface area (Å²) in [6.45, 7) is -0.0659. The van der Waals surface area contributed by atoms with Crippen LogP contribution in [0.3, 0.4) is 0 Å². The van der Waals surface area contributed by atoms with E-state index < -0.39 is 36.7 Å². The molecule has 0 fully saturated rings. The van der Waals surface area contributed by atoms with E-state index in [1.165, 1.54) is 13.0 Å². The number of halogens is 4. The summed E-state index contributed by atoms with van der Waals surface area (Å²) >= 11 is 5.63. The Bertz CT molecular complexity index is 466. The van der Waals surface area contributed by atoms with Crippen LogP contribution in [0.2, 0.25) is 5.02 Å². The molecule has 0 aliphatic heterocycles. The lowest BCUT2D eigenvalue weighted by Crippen LogP contribution is -2.30. The number of carbonyl (C=O) groups is 1. The number of rotatable bonds is 6. The van der Waals surface area contributed by atoms with Crippen LogP contribution in [0.4, 0.5) is 13.2 Å². The van der Waals surface area contributed by atoms with Gasteiger partial charge >= 0.3 is 5.97 Å². The fourth-order valence-electron chi connectivity index (χ4n) is 1.38. The minimum Gasteiger partial charge on any atom is -0.478 e. The van der Waals surface area contributed by atoms with Crippen LogP contribution in [0.1, 0.15) is 18.9 Å². The molecule has 7 heteroatoms. The van der Waals surface area contributed by atoms with Gasteiger partial charge in [-0.15, -0.1) is 0 Å². The number of aliphatic carboxylic acids is 1. The van der Waals surface area contributed by atoms with Crippen molar-refractivity contribution in [3.05, 3.63) is 28.8 Å². The van der Waals surface area contributed by atoms with Crippen LogP contribution in [0.25, 0.3) is 0 Å². The second-order valence-electron chi connectivity index (χ2n) is 3.80. The van der Waals surface area contributed by atoms with Crippen LogP contribution in [0.15, 0.2) is 18.2 Å². The minimum atomic E-state index is -3.24. The van der Waals surface area contributed by atoms with Crippen molar-refractivity contribution < 1.29 is 27.8 Å². The first-order valence-corrected chi connectivity index (χ1v) is 5.83. The van der Waals surface area contributed by atoms with Gasteiger partial charge in [0, 0.05) is 11.4 Å². The molecule has 0 bridgehead atoms. The number of ether oxygens (including phenoxy) is 1. The molecule has 1 rings (SSSR count). The summed E-state index contributed by atoms with van der Waals surface area (Å²) < 4.78 is 44.7. The Morgan fingerprint density at radius 1 is 1.53 bits per heavy atom. The molecular formula is C12H12ClF3O3. The lowest BCUT2D eigenvalue weighted by Gasteiger charge is -2.20. The number of carboxylic acid groups (broad SMARTS) is 1. The lowest BCUT2D eigenvalue weighted by molar-refractivity contribution is -0.145. The van der Waals surface area contributed by atoms with E-state index in [-0.39, 0.29) is 10.8 Å². The van der Waals surface area contributed by atoms with Crippen molar-refractivity contribution in [1.29, 1.82) is 0 Å². The number of hydrogen-bond donors (Lipinski definition) is 1. The highest BCUT2D eigenvalue weighted by molar-refractivity contribution is 6.30. The standard InChI is InChI=1S/C12H12ClF3O3/c1-2-12(15,16)8-5-7(13)3-4-9(8)19-10(6-14)11(17)18/h3-5,10H,2,6H2,1H3,(H,17,18). The van der Waals surface area contributed by atoms with Crippen LogP contribution in [-0.4, -0.2) is 23.9 Å². The third-order valence-corrected chi connectivity index (χ3v) is 2.70. The van der Waals surface area contributed by atoms with Crippen molar-refractivity contribution in [3.63, 3.8) is 0 Å². The van der Waals surface area contributed by atoms with Crippen molar-refractivity contribution in [2.45, 2.75) is 25.4 Å². The molecule has 1 aromatic rings.